The van der Waals surface area contributed by atoms with Gasteiger partial charge in [0.2, 0.25) is 0 Å². The average Bonchev–Trinajstić information content (AvgIpc) is 2.18. The van der Waals surface area contributed by atoms with E-state index in [9.17, 15) is 4.79 Å². The molecule has 0 spiro atoms. The molecule has 72 valence electrons. The van der Waals surface area contributed by atoms with Gasteiger partial charge in [-0.2, -0.15) is 0 Å². The van der Waals surface area contributed by atoms with Crippen LogP contribution in [0.5, 0.6) is 0 Å². The maximum atomic E-state index is 11.4. The lowest BCUT2D eigenvalue weighted by molar-refractivity contribution is -0.153. The lowest BCUT2D eigenvalue weighted by atomic mass is 9.81. The Balaban J connectivity index is 2.83. The number of rotatable bonds is 1. The van der Waals surface area contributed by atoms with Crippen molar-refractivity contribution in [1.82, 2.24) is 0 Å². The molecule has 1 heterocycles. The van der Waals surface area contributed by atoms with Crippen molar-refractivity contribution < 1.29 is 14.3 Å². The third kappa shape index (κ3) is 1.93. The number of ether oxygens (including phenoxy) is 2. The first-order valence-electron chi connectivity index (χ1n) is 4.14. The largest absolute Gasteiger partial charge is 0.468 e. The molecule has 1 aliphatic rings. The second-order valence-corrected chi connectivity index (χ2v) is 2.96. The van der Waals surface area contributed by atoms with Crippen molar-refractivity contribution in [3.8, 4) is 12.0 Å². The van der Waals surface area contributed by atoms with Gasteiger partial charge in [-0.05, 0) is 12.8 Å². The van der Waals surface area contributed by atoms with Crippen LogP contribution >= 0.6 is 0 Å². The van der Waals surface area contributed by atoms with Crippen LogP contribution < -0.4 is 5.73 Å². The lowest BCUT2D eigenvalue weighted by Gasteiger charge is -2.29. The quantitative estimate of drug-likeness (QED) is 0.349. The number of carbonyl (C=O) groups excluding carboxylic acids is 1. The predicted octanol–water partition coefficient (Wildman–Crippen LogP) is -0.124. The Kier molecular flexibility index (Phi) is 3.15. The normalized spacial score (nSPS) is 19.8. The Morgan fingerprint density at radius 3 is 2.62 bits per heavy atom. The van der Waals surface area contributed by atoms with Gasteiger partial charge in [-0.3, -0.25) is 4.79 Å². The molecule has 1 fully saturated rings. The molecule has 0 aromatic heterocycles. The van der Waals surface area contributed by atoms with E-state index in [0.717, 1.165) is 0 Å². The van der Waals surface area contributed by atoms with Gasteiger partial charge in [0.05, 0.1) is 7.11 Å². The molecule has 0 unspecified atom stereocenters. The fourth-order valence-corrected chi connectivity index (χ4v) is 1.43. The van der Waals surface area contributed by atoms with Crippen molar-refractivity contribution in [2.45, 2.75) is 12.8 Å². The number of hydrogen-bond donors (Lipinski definition) is 1. The van der Waals surface area contributed by atoms with Crippen molar-refractivity contribution >= 4 is 5.97 Å². The fraction of sp³-hybridized carbons (Fsp3) is 0.667. The second-order valence-electron chi connectivity index (χ2n) is 2.96. The van der Waals surface area contributed by atoms with Crippen LogP contribution in [0.3, 0.4) is 0 Å². The minimum absolute atomic E-state index is 0.311. The van der Waals surface area contributed by atoms with Gasteiger partial charge >= 0.3 is 5.97 Å². The molecule has 1 saturated heterocycles. The Morgan fingerprint density at radius 2 is 2.15 bits per heavy atom. The zero-order valence-electron chi connectivity index (χ0n) is 7.63. The van der Waals surface area contributed by atoms with Crippen molar-refractivity contribution in [3.05, 3.63) is 0 Å². The number of nitrogens with two attached hydrogens (primary N) is 1. The number of methoxy groups -OCH3 is 1. The number of esters is 1. The third-order valence-corrected chi connectivity index (χ3v) is 2.23. The molecule has 2 N–H and O–H groups in total. The van der Waals surface area contributed by atoms with Crippen LogP contribution in [0.25, 0.3) is 0 Å². The van der Waals surface area contributed by atoms with Crippen molar-refractivity contribution in [1.29, 1.82) is 0 Å². The molecule has 0 saturated carbocycles. The van der Waals surface area contributed by atoms with E-state index in [1.807, 2.05) is 0 Å². The zero-order valence-corrected chi connectivity index (χ0v) is 7.63. The summed E-state index contributed by atoms with van der Waals surface area (Å²) in [5.41, 5.74) is 4.39. The molecule has 0 aromatic rings. The van der Waals surface area contributed by atoms with Crippen LogP contribution in [-0.4, -0.2) is 26.3 Å². The molecule has 4 nitrogen and oxygen atoms in total. The Bertz CT molecular complexity index is 245. The summed E-state index contributed by atoms with van der Waals surface area (Å²) >= 11 is 0. The Morgan fingerprint density at radius 1 is 1.54 bits per heavy atom. The summed E-state index contributed by atoms with van der Waals surface area (Å²) in [5, 5.41) is 0. The molecule has 0 bridgehead atoms. The van der Waals surface area contributed by atoms with E-state index < -0.39 is 5.41 Å². The molecule has 0 aromatic carbocycles. The Labute approximate surface area is 77.4 Å². The molecule has 1 rings (SSSR count). The highest BCUT2D eigenvalue weighted by Gasteiger charge is 2.39. The van der Waals surface area contributed by atoms with E-state index in [1.54, 1.807) is 0 Å². The molecule has 0 radical (unpaired) electrons. The van der Waals surface area contributed by atoms with E-state index in [-0.39, 0.29) is 5.97 Å². The maximum Gasteiger partial charge on any atom is 0.324 e. The van der Waals surface area contributed by atoms with Gasteiger partial charge in [0, 0.05) is 19.3 Å². The van der Waals surface area contributed by atoms with E-state index in [0.29, 0.717) is 26.1 Å². The van der Waals surface area contributed by atoms with Gasteiger partial charge in [0.25, 0.3) is 0 Å². The summed E-state index contributed by atoms with van der Waals surface area (Å²) in [4.78, 5) is 11.4. The summed E-state index contributed by atoms with van der Waals surface area (Å²) < 4.78 is 9.84. The van der Waals surface area contributed by atoms with Gasteiger partial charge in [-0.25, -0.2) is 0 Å². The summed E-state index contributed by atoms with van der Waals surface area (Å²) in [7, 11) is 1.36. The maximum absolute atomic E-state index is 11.4. The highest BCUT2D eigenvalue weighted by Crippen LogP contribution is 2.30. The molecular weight excluding hydrogens is 170 g/mol. The van der Waals surface area contributed by atoms with Gasteiger partial charge in [0.1, 0.15) is 5.41 Å². The molecule has 13 heavy (non-hydrogen) atoms. The SMILES string of the molecule is COC(=O)C1(C#CN)CCOCC1. The van der Waals surface area contributed by atoms with Crippen LogP contribution in [-0.2, 0) is 14.3 Å². The van der Waals surface area contributed by atoms with Crippen molar-refractivity contribution in [3.63, 3.8) is 0 Å². The van der Waals surface area contributed by atoms with Crippen LogP contribution in [0.4, 0.5) is 0 Å². The third-order valence-electron chi connectivity index (χ3n) is 2.23. The lowest BCUT2D eigenvalue weighted by Crippen LogP contribution is -2.37. The summed E-state index contributed by atoms with van der Waals surface area (Å²) in [6.07, 6.45) is 1.12. The average molecular weight is 183 g/mol. The highest BCUT2D eigenvalue weighted by molar-refractivity contribution is 5.80. The monoisotopic (exact) mass is 183 g/mol. The van der Waals surface area contributed by atoms with E-state index in [1.165, 1.54) is 7.11 Å². The topological polar surface area (TPSA) is 61.5 Å². The van der Waals surface area contributed by atoms with Crippen molar-refractivity contribution in [2.24, 2.45) is 11.1 Å². The Hall–Kier alpha value is -1.21. The van der Waals surface area contributed by atoms with Crippen LogP contribution in [0.15, 0.2) is 0 Å². The van der Waals surface area contributed by atoms with E-state index >= 15 is 0 Å². The van der Waals surface area contributed by atoms with Crippen LogP contribution in [0.1, 0.15) is 12.8 Å². The van der Waals surface area contributed by atoms with Gasteiger partial charge < -0.3 is 15.2 Å². The summed E-state index contributed by atoms with van der Waals surface area (Å²) in [6.45, 7) is 1.06. The number of carbonyl (C=O) groups is 1. The van der Waals surface area contributed by atoms with E-state index in [4.69, 9.17) is 15.2 Å². The highest BCUT2D eigenvalue weighted by atomic mass is 16.5. The van der Waals surface area contributed by atoms with Gasteiger partial charge in [0.15, 0.2) is 0 Å². The molecule has 0 aliphatic carbocycles. The van der Waals surface area contributed by atoms with Gasteiger partial charge in [-0.15, -0.1) is 0 Å². The standard InChI is InChI=1S/C9H13NO3/c1-12-8(11)9(2-5-10)3-6-13-7-4-9/h3-4,6-7,10H2,1H3. The minimum atomic E-state index is -0.734. The first-order chi connectivity index (χ1) is 6.25. The fourth-order valence-electron chi connectivity index (χ4n) is 1.43. The molecule has 0 atom stereocenters. The van der Waals surface area contributed by atoms with Gasteiger partial charge in [-0.1, -0.05) is 5.92 Å². The second kappa shape index (κ2) is 4.15. The first-order valence-corrected chi connectivity index (χ1v) is 4.14. The smallest absolute Gasteiger partial charge is 0.324 e. The van der Waals surface area contributed by atoms with Crippen molar-refractivity contribution in [2.75, 3.05) is 20.3 Å². The van der Waals surface area contributed by atoms with E-state index in [2.05, 4.69) is 12.0 Å². The molecular formula is C9H13NO3. The minimum Gasteiger partial charge on any atom is -0.468 e. The zero-order chi connectivity index (χ0) is 9.73. The van der Waals surface area contributed by atoms with Crippen LogP contribution in [0, 0.1) is 17.4 Å². The molecule has 1 aliphatic heterocycles. The van der Waals surface area contributed by atoms with Crippen LogP contribution in [0.2, 0.25) is 0 Å². The predicted molar refractivity (Wildman–Crippen MR) is 46.5 cm³/mol. The molecule has 4 heteroatoms. The summed E-state index contributed by atoms with van der Waals surface area (Å²) in [6, 6.07) is 2.29. The molecule has 0 amide bonds. The summed E-state index contributed by atoms with van der Waals surface area (Å²) in [5.74, 6) is 2.41. The first kappa shape index (κ1) is 9.87. The number of hydrogen-bond acceptors (Lipinski definition) is 4.